The highest BCUT2D eigenvalue weighted by atomic mass is 31.2. The number of esters is 2. The molecule has 0 radical (unpaired) electrons. The van der Waals surface area contributed by atoms with Gasteiger partial charge in [-0.1, -0.05) is 171 Å². The summed E-state index contributed by atoms with van der Waals surface area (Å²) in [5.41, 5.74) is 5.34. The zero-order valence-electron chi connectivity index (χ0n) is 34.9. The van der Waals surface area contributed by atoms with Crippen LogP contribution < -0.4 is 5.73 Å². The molecule has 55 heavy (non-hydrogen) atoms. The minimum atomic E-state index is -4.39. The van der Waals surface area contributed by atoms with Crippen LogP contribution in [0.25, 0.3) is 0 Å². The molecule has 0 amide bonds. The van der Waals surface area contributed by atoms with Gasteiger partial charge in [0.15, 0.2) is 6.10 Å². The van der Waals surface area contributed by atoms with Gasteiger partial charge < -0.3 is 20.1 Å². The molecular weight excluding hydrogens is 713 g/mol. The first-order chi connectivity index (χ1) is 26.8. The Morgan fingerprint density at radius 2 is 1.00 bits per heavy atom. The molecule has 9 nitrogen and oxygen atoms in total. The summed E-state index contributed by atoms with van der Waals surface area (Å²) in [6.07, 6.45) is 48.2. The highest BCUT2D eigenvalue weighted by Gasteiger charge is 2.26. The zero-order valence-corrected chi connectivity index (χ0v) is 35.8. The fourth-order valence-electron chi connectivity index (χ4n) is 5.72. The van der Waals surface area contributed by atoms with Crippen LogP contribution in [0.1, 0.15) is 181 Å². The number of carbonyl (C=O) groups excluding carboxylic acids is 2. The number of phosphoric acid groups is 1. The van der Waals surface area contributed by atoms with E-state index in [4.69, 9.17) is 24.3 Å². The van der Waals surface area contributed by atoms with Gasteiger partial charge in [-0.25, -0.2) is 4.57 Å². The van der Waals surface area contributed by atoms with Gasteiger partial charge in [-0.15, -0.1) is 0 Å². The first-order valence-electron chi connectivity index (χ1n) is 21.8. The maximum absolute atomic E-state index is 12.6. The van der Waals surface area contributed by atoms with Crippen molar-refractivity contribution in [3.05, 3.63) is 60.8 Å². The third kappa shape index (κ3) is 41.2. The normalized spacial score (nSPS) is 13.9. The number of hydrogen-bond donors (Lipinski definition) is 2. The number of allylic oxidation sites excluding steroid dienone is 10. The molecule has 10 heteroatoms. The maximum Gasteiger partial charge on any atom is 0.472 e. The van der Waals surface area contributed by atoms with E-state index in [2.05, 4.69) is 74.6 Å². The van der Waals surface area contributed by atoms with Gasteiger partial charge in [0.05, 0.1) is 13.2 Å². The number of ether oxygens (including phenoxy) is 2. The van der Waals surface area contributed by atoms with E-state index in [1.165, 1.54) is 77.0 Å². The van der Waals surface area contributed by atoms with E-state index in [0.29, 0.717) is 6.42 Å². The molecule has 0 aromatic carbocycles. The first kappa shape index (κ1) is 52.7. The summed E-state index contributed by atoms with van der Waals surface area (Å²) in [6.45, 7) is 3.58. The van der Waals surface area contributed by atoms with Crippen LogP contribution in [0.2, 0.25) is 0 Å². The molecule has 0 aromatic heterocycles. The number of nitrogens with two attached hydrogens (primary N) is 1. The van der Waals surface area contributed by atoms with Crippen LogP contribution in [0.4, 0.5) is 0 Å². The van der Waals surface area contributed by atoms with Crippen LogP contribution in [0, 0.1) is 0 Å². The molecule has 3 N–H and O–H groups in total. The molecule has 0 saturated heterocycles. The Labute approximate surface area is 336 Å². The Kier molecular flexibility index (Phi) is 39.6. The molecule has 0 saturated carbocycles. The van der Waals surface area contributed by atoms with Crippen LogP contribution in [-0.2, 0) is 32.7 Å². The minimum absolute atomic E-state index is 0.0460. The van der Waals surface area contributed by atoms with E-state index in [-0.39, 0.29) is 32.6 Å². The predicted molar refractivity (Wildman–Crippen MR) is 229 cm³/mol. The summed E-state index contributed by atoms with van der Waals surface area (Å²) < 4.78 is 32.7. The van der Waals surface area contributed by atoms with Crippen LogP contribution in [0.3, 0.4) is 0 Å². The van der Waals surface area contributed by atoms with Gasteiger partial charge in [-0.2, -0.15) is 0 Å². The summed E-state index contributed by atoms with van der Waals surface area (Å²) >= 11 is 0. The molecule has 0 aliphatic carbocycles. The van der Waals surface area contributed by atoms with Crippen molar-refractivity contribution in [1.82, 2.24) is 0 Å². The smallest absolute Gasteiger partial charge is 0.462 e. The largest absolute Gasteiger partial charge is 0.472 e. The lowest BCUT2D eigenvalue weighted by molar-refractivity contribution is -0.161. The van der Waals surface area contributed by atoms with E-state index in [9.17, 15) is 19.0 Å². The van der Waals surface area contributed by atoms with Crippen molar-refractivity contribution in [3.8, 4) is 0 Å². The average molecular weight is 794 g/mol. The molecule has 0 rings (SSSR count). The van der Waals surface area contributed by atoms with Gasteiger partial charge in [0, 0.05) is 19.4 Å². The minimum Gasteiger partial charge on any atom is -0.462 e. The molecule has 0 heterocycles. The van der Waals surface area contributed by atoms with E-state index in [1.807, 2.05) is 0 Å². The molecule has 0 fully saturated rings. The molecular formula is C45H80NO8P. The molecule has 2 atom stereocenters. The number of carbonyl (C=O) groups is 2. The monoisotopic (exact) mass is 794 g/mol. The Hall–Kier alpha value is -2.29. The Bertz CT molecular complexity index is 1090. The summed E-state index contributed by atoms with van der Waals surface area (Å²) in [5.74, 6) is -0.866. The highest BCUT2D eigenvalue weighted by Crippen LogP contribution is 2.43. The Balaban J connectivity index is 4.22. The summed E-state index contributed by atoms with van der Waals surface area (Å²) in [4.78, 5) is 34.9. The molecule has 1 unspecified atom stereocenters. The van der Waals surface area contributed by atoms with Crippen LogP contribution in [0.15, 0.2) is 60.8 Å². The third-order valence-electron chi connectivity index (χ3n) is 8.92. The van der Waals surface area contributed by atoms with Crippen LogP contribution >= 0.6 is 7.82 Å². The van der Waals surface area contributed by atoms with E-state index >= 15 is 0 Å². The fourth-order valence-corrected chi connectivity index (χ4v) is 6.48. The van der Waals surface area contributed by atoms with Crippen molar-refractivity contribution in [2.75, 3.05) is 26.4 Å². The predicted octanol–water partition coefficient (Wildman–Crippen LogP) is 12.5. The second kappa shape index (κ2) is 41.3. The molecule has 318 valence electrons. The van der Waals surface area contributed by atoms with Crippen molar-refractivity contribution in [1.29, 1.82) is 0 Å². The molecule has 0 aromatic rings. The first-order valence-corrected chi connectivity index (χ1v) is 23.3. The van der Waals surface area contributed by atoms with E-state index in [1.54, 1.807) is 0 Å². The maximum atomic E-state index is 12.6. The number of phosphoric ester groups is 1. The van der Waals surface area contributed by atoms with Gasteiger partial charge in [0.2, 0.25) is 0 Å². The van der Waals surface area contributed by atoms with Crippen molar-refractivity contribution in [2.24, 2.45) is 5.73 Å². The topological polar surface area (TPSA) is 134 Å². The van der Waals surface area contributed by atoms with Crippen molar-refractivity contribution in [2.45, 2.75) is 187 Å². The lowest BCUT2D eigenvalue weighted by Gasteiger charge is -2.19. The van der Waals surface area contributed by atoms with Crippen molar-refractivity contribution < 1.29 is 37.6 Å². The van der Waals surface area contributed by atoms with Crippen LogP contribution in [-0.4, -0.2) is 49.3 Å². The molecule has 0 aliphatic heterocycles. The van der Waals surface area contributed by atoms with Gasteiger partial charge in [0.1, 0.15) is 6.61 Å². The van der Waals surface area contributed by atoms with E-state index in [0.717, 1.165) is 70.6 Å². The van der Waals surface area contributed by atoms with Gasteiger partial charge >= 0.3 is 19.8 Å². The lowest BCUT2D eigenvalue weighted by Crippen LogP contribution is -2.29. The molecule has 0 aliphatic rings. The van der Waals surface area contributed by atoms with Gasteiger partial charge in [-0.05, 0) is 57.8 Å². The summed E-state index contributed by atoms with van der Waals surface area (Å²) in [5, 5.41) is 0. The second-order valence-electron chi connectivity index (χ2n) is 14.2. The Morgan fingerprint density at radius 1 is 0.564 bits per heavy atom. The number of hydrogen-bond acceptors (Lipinski definition) is 8. The summed E-state index contributed by atoms with van der Waals surface area (Å²) in [6, 6.07) is 0. The fraction of sp³-hybridized carbons (Fsp3) is 0.733. The van der Waals surface area contributed by atoms with Crippen LogP contribution in [0.5, 0.6) is 0 Å². The quantitative estimate of drug-likeness (QED) is 0.0269. The number of unbranched alkanes of at least 4 members (excludes halogenated alkanes) is 17. The lowest BCUT2D eigenvalue weighted by atomic mass is 10.0. The van der Waals surface area contributed by atoms with Crippen molar-refractivity contribution in [3.63, 3.8) is 0 Å². The second-order valence-corrected chi connectivity index (χ2v) is 15.6. The van der Waals surface area contributed by atoms with E-state index < -0.39 is 32.5 Å². The third-order valence-corrected chi connectivity index (χ3v) is 9.90. The summed E-state index contributed by atoms with van der Waals surface area (Å²) in [7, 11) is -4.39. The van der Waals surface area contributed by atoms with Crippen molar-refractivity contribution >= 4 is 19.8 Å². The SMILES string of the molecule is CC/C=C/C/C=C/C/C=C/C/C=C/C/C=C/CCCCCC(=O)O[C@H](COC(=O)CCCCCCCCCCCCCCCCC)COP(=O)(O)OCCN. The number of rotatable bonds is 40. The standard InChI is InChI=1S/C45H80NO8P/c1-3-5-7-9-11-13-15-17-19-20-21-22-24-26-28-30-32-34-36-38-45(48)54-43(42-53-55(49,50)52-40-39-46)41-51-44(47)37-35-33-31-29-27-25-23-18-16-14-12-10-8-6-4-2/h5,7,11,13,17,19,21-22,26,28,43H,3-4,6,8-10,12,14-16,18,20,23-25,27,29-42,46H2,1-2H3,(H,49,50)/b7-5+,13-11+,19-17+,22-21+,28-26+/t43-/m1/s1. The average Bonchev–Trinajstić information content (AvgIpc) is 3.17. The Morgan fingerprint density at radius 3 is 1.49 bits per heavy atom. The molecule has 0 spiro atoms. The van der Waals surface area contributed by atoms with Gasteiger partial charge in [0.25, 0.3) is 0 Å². The zero-order chi connectivity index (χ0) is 40.3. The highest BCUT2D eigenvalue weighted by molar-refractivity contribution is 7.47. The molecule has 0 bridgehead atoms. The van der Waals surface area contributed by atoms with Gasteiger partial charge in [-0.3, -0.25) is 18.6 Å².